The lowest BCUT2D eigenvalue weighted by atomic mass is 10.0. The number of carbonyl (C=O) groups excluding carboxylic acids is 1. The number of hydrogen-bond acceptors (Lipinski definition) is 4. The Labute approximate surface area is 113 Å². The van der Waals surface area contributed by atoms with Gasteiger partial charge in [-0.15, -0.1) is 16.8 Å². The Morgan fingerprint density at radius 3 is 3.05 bits per heavy atom. The second-order valence-electron chi connectivity index (χ2n) is 4.97. The second kappa shape index (κ2) is 6.31. The number of nitrogens with one attached hydrogen (secondary N) is 1. The molecule has 0 bridgehead atoms. The fraction of sp³-hybridized carbons (Fsp3) is 0.500. The fourth-order valence-electron chi connectivity index (χ4n) is 2.27. The van der Waals surface area contributed by atoms with Crippen molar-refractivity contribution in [2.45, 2.75) is 19.8 Å². The Hall–Kier alpha value is -1.91. The lowest BCUT2D eigenvalue weighted by Gasteiger charge is -2.31. The highest BCUT2D eigenvalue weighted by Gasteiger charge is 2.18. The molecule has 0 radical (unpaired) electrons. The smallest absolute Gasteiger partial charge is 0.272 e. The van der Waals surface area contributed by atoms with Gasteiger partial charge in [0.15, 0.2) is 11.5 Å². The largest absolute Gasteiger partial charge is 0.355 e. The second-order valence-corrected chi connectivity index (χ2v) is 4.97. The molecule has 0 aromatic carbocycles. The van der Waals surface area contributed by atoms with Crippen molar-refractivity contribution in [1.82, 2.24) is 15.5 Å². The van der Waals surface area contributed by atoms with E-state index in [4.69, 9.17) is 0 Å². The fourth-order valence-corrected chi connectivity index (χ4v) is 2.27. The third kappa shape index (κ3) is 3.53. The molecule has 1 aliphatic rings. The normalized spacial score (nSPS) is 19.0. The zero-order valence-electron chi connectivity index (χ0n) is 11.3. The molecule has 1 aromatic heterocycles. The van der Waals surface area contributed by atoms with E-state index in [2.05, 4.69) is 33.9 Å². The molecule has 1 atom stereocenters. The van der Waals surface area contributed by atoms with Gasteiger partial charge in [0, 0.05) is 19.6 Å². The molecule has 5 nitrogen and oxygen atoms in total. The minimum Gasteiger partial charge on any atom is -0.355 e. The molecule has 2 rings (SSSR count). The Morgan fingerprint density at radius 2 is 2.42 bits per heavy atom. The van der Waals surface area contributed by atoms with Crippen LogP contribution in [0.15, 0.2) is 24.8 Å². The zero-order chi connectivity index (χ0) is 13.7. The van der Waals surface area contributed by atoms with Crippen LogP contribution in [-0.2, 0) is 0 Å². The van der Waals surface area contributed by atoms with Crippen molar-refractivity contribution in [3.05, 3.63) is 30.5 Å². The van der Waals surface area contributed by atoms with Crippen LogP contribution in [0, 0.1) is 5.92 Å². The van der Waals surface area contributed by atoms with Crippen LogP contribution in [0.3, 0.4) is 0 Å². The number of amides is 1. The molecule has 19 heavy (non-hydrogen) atoms. The minimum atomic E-state index is -0.217. The summed E-state index contributed by atoms with van der Waals surface area (Å²) in [6.45, 7) is 8.26. The highest BCUT2D eigenvalue weighted by atomic mass is 16.1. The highest BCUT2D eigenvalue weighted by molar-refractivity contribution is 5.92. The lowest BCUT2D eigenvalue weighted by Crippen LogP contribution is -2.35. The van der Waals surface area contributed by atoms with Gasteiger partial charge in [-0.2, -0.15) is 0 Å². The van der Waals surface area contributed by atoms with Gasteiger partial charge >= 0.3 is 0 Å². The summed E-state index contributed by atoms with van der Waals surface area (Å²) in [5, 5.41) is 10.8. The first-order valence-electron chi connectivity index (χ1n) is 6.68. The van der Waals surface area contributed by atoms with Crippen molar-refractivity contribution in [2.24, 2.45) is 5.92 Å². The van der Waals surface area contributed by atoms with E-state index in [1.165, 1.54) is 12.8 Å². The van der Waals surface area contributed by atoms with E-state index in [1.807, 2.05) is 6.07 Å². The first kappa shape index (κ1) is 13.5. The molecule has 0 saturated carbocycles. The predicted molar refractivity (Wildman–Crippen MR) is 75.2 cm³/mol. The van der Waals surface area contributed by atoms with Gasteiger partial charge in [0.05, 0.1) is 0 Å². The molecule has 1 aliphatic heterocycles. The van der Waals surface area contributed by atoms with Crippen LogP contribution in [0.4, 0.5) is 5.82 Å². The van der Waals surface area contributed by atoms with Gasteiger partial charge in [-0.05, 0) is 30.9 Å². The summed E-state index contributed by atoms with van der Waals surface area (Å²) in [5.41, 5.74) is 0.343. The summed E-state index contributed by atoms with van der Waals surface area (Å²) in [5.74, 6) is 1.32. The summed E-state index contributed by atoms with van der Waals surface area (Å²) in [6.07, 6.45) is 4.09. The van der Waals surface area contributed by atoms with E-state index in [9.17, 15) is 4.79 Å². The van der Waals surface area contributed by atoms with E-state index < -0.39 is 0 Å². The Morgan fingerprint density at radius 1 is 1.58 bits per heavy atom. The van der Waals surface area contributed by atoms with E-state index in [-0.39, 0.29) is 5.91 Å². The molecule has 5 heteroatoms. The zero-order valence-corrected chi connectivity index (χ0v) is 11.3. The maximum Gasteiger partial charge on any atom is 0.272 e. The molecule has 1 N–H and O–H groups in total. The molecular weight excluding hydrogens is 240 g/mol. The maximum atomic E-state index is 11.7. The van der Waals surface area contributed by atoms with Crippen molar-refractivity contribution >= 4 is 11.7 Å². The summed E-state index contributed by atoms with van der Waals surface area (Å²) in [6, 6.07) is 3.59. The number of aromatic nitrogens is 2. The average molecular weight is 260 g/mol. The Balaban J connectivity index is 2.01. The van der Waals surface area contributed by atoms with Crippen molar-refractivity contribution in [2.75, 3.05) is 24.5 Å². The van der Waals surface area contributed by atoms with Crippen LogP contribution >= 0.6 is 0 Å². The van der Waals surface area contributed by atoms with Gasteiger partial charge in [0.1, 0.15) is 0 Å². The standard InChI is InChI=1S/C14H20N4O/c1-3-8-15-14(19)12-6-7-13(17-16-12)18-9-4-5-11(2)10-18/h3,6-7,11H,1,4-5,8-10H2,2H3,(H,15,19). The van der Waals surface area contributed by atoms with Gasteiger partial charge in [-0.1, -0.05) is 13.0 Å². The Kier molecular flexibility index (Phi) is 4.49. The number of anilines is 1. The van der Waals surface area contributed by atoms with Crippen LogP contribution < -0.4 is 10.2 Å². The number of hydrogen-bond donors (Lipinski definition) is 1. The van der Waals surface area contributed by atoms with E-state index in [0.29, 0.717) is 18.2 Å². The Bertz CT molecular complexity index is 443. The van der Waals surface area contributed by atoms with Crippen LogP contribution in [-0.4, -0.2) is 35.7 Å². The third-order valence-electron chi connectivity index (χ3n) is 3.27. The molecule has 2 heterocycles. The lowest BCUT2D eigenvalue weighted by molar-refractivity contribution is 0.0952. The van der Waals surface area contributed by atoms with E-state index >= 15 is 0 Å². The van der Waals surface area contributed by atoms with Gasteiger partial charge in [0.2, 0.25) is 0 Å². The minimum absolute atomic E-state index is 0.217. The molecule has 1 amide bonds. The van der Waals surface area contributed by atoms with Crippen molar-refractivity contribution in [3.8, 4) is 0 Å². The summed E-state index contributed by atoms with van der Waals surface area (Å²) in [7, 11) is 0. The molecule has 0 aliphatic carbocycles. The van der Waals surface area contributed by atoms with Crippen LogP contribution in [0.2, 0.25) is 0 Å². The number of rotatable bonds is 4. The van der Waals surface area contributed by atoms with Gasteiger partial charge in [-0.3, -0.25) is 4.79 Å². The van der Waals surface area contributed by atoms with Gasteiger partial charge in [0.25, 0.3) is 5.91 Å². The summed E-state index contributed by atoms with van der Waals surface area (Å²) >= 11 is 0. The van der Waals surface area contributed by atoms with Crippen LogP contribution in [0.5, 0.6) is 0 Å². The quantitative estimate of drug-likeness (QED) is 0.836. The van der Waals surface area contributed by atoms with Gasteiger partial charge in [-0.25, -0.2) is 0 Å². The molecule has 1 saturated heterocycles. The van der Waals surface area contributed by atoms with E-state index in [1.54, 1.807) is 12.1 Å². The first-order valence-corrected chi connectivity index (χ1v) is 6.68. The predicted octanol–water partition coefficient (Wildman–Crippen LogP) is 1.63. The number of piperidine rings is 1. The SMILES string of the molecule is C=CCNC(=O)c1ccc(N2CCCC(C)C2)nn1. The molecule has 0 spiro atoms. The van der Waals surface area contributed by atoms with E-state index in [0.717, 1.165) is 18.9 Å². The van der Waals surface area contributed by atoms with Crippen LogP contribution in [0.1, 0.15) is 30.3 Å². The average Bonchev–Trinajstić information content (AvgIpc) is 2.45. The molecule has 1 fully saturated rings. The highest BCUT2D eigenvalue weighted by Crippen LogP contribution is 2.20. The number of nitrogens with zero attached hydrogens (tertiary/aromatic N) is 3. The van der Waals surface area contributed by atoms with Crippen molar-refractivity contribution < 1.29 is 4.79 Å². The molecular formula is C14H20N4O. The monoisotopic (exact) mass is 260 g/mol. The van der Waals surface area contributed by atoms with Crippen molar-refractivity contribution in [3.63, 3.8) is 0 Å². The van der Waals surface area contributed by atoms with Crippen LogP contribution in [0.25, 0.3) is 0 Å². The summed E-state index contributed by atoms with van der Waals surface area (Å²) in [4.78, 5) is 13.9. The molecule has 1 aromatic rings. The topological polar surface area (TPSA) is 58.1 Å². The summed E-state index contributed by atoms with van der Waals surface area (Å²) < 4.78 is 0. The molecule has 1 unspecified atom stereocenters. The first-order chi connectivity index (χ1) is 9.20. The van der Waals surface area contributed by atoms with Gasteiger partial charge < -0.3 is 10.2 Å². The maximum absolute atomic E-state index is 11.7. The number of carbonyl (C=O) groups is 1. The molecule has 102 valence electrons. The van der Waals surface area contributed by atoms with Crippen molar-refractivity contribution in [1.29, 1.82) is 0 Å². The third-order valence-corrected chi connectivity index (χ3v) is 3.27.